The number of hydrogen-bond acceptors (Lipinski definition) is 3. The van der Waals surface area contributed by atoms with E-state index in [0.717, 1.165) is 12.1 Å². The van der Waals surface area contributed by atoms with E-state index < -0.39 is 15.8 Å². The molecule has 0 fully saturated rings. The first-order chi connectivity index (χ1) is 10.9. The van der Waals surface area contributed by atoms with E-state index in [0.29, 0.717) is 15.9 Å². The summed E-state index contributed by atoms with van der Waals surface area (Å²) in [4.78, 5) is 2.80. The van der Waals surface area contributed by atoms with Crippen molar-refractivity contribution in [2.75, 3.05) is 4.72 Å². The van der Waals surface area contributed by atoms with E-state index in [1.807, 2.05) is 6.07 Å². The summed E-state index contributed by atoms with van der Waals surface area (Å²) in [6.07, 6.45) is 1.31. The maximum atomic E-state index is 13.3. The minimum atomic E-state index is -4.00. The number of aromatic nitrogens is 1. The van der Waals surface area contributed by atoms with Gasteiger partial charge in [-0.2, -0.15) is 5.26 Å². The average Bonchev–Trinajstić information content (AvgIpc) is 2.90. The summed E-state index contributed by atoms with van der Waals surface area (Å²) in [5.74, 6) is -0.646. The number of nitrogens with zero attached hydrogens (tertiary/aromatic N) is 1. The number of H-pyrrole nitrogens is 1. The van der Waals surface area contributed by atoms with Gasteiger partial charge >= 0.3 is 0 Å². The number of nitrogens with one attached hydrogen (secondary N) is 2. The molecule has 0 saturated heterocycles. The minimum Gasteiger partial charge on any atom is -0.360 e. The van der Waals surface area contributed by atoms with Crippen LogP contribution in [-0.2, 0) is 10.0 Å². The molecule has 0 radical (unpaired) electrons. The Labute approximate surface area is 136 Å². The maximum absolute atomic E-state index is 13.3. The summed E-state index contributed by atoms with van der Waals surface area (Å²) >= 11 is 5.87. The molecule has 0 amide bonds. The van der Waals surface area contributed by atoms with E-state index in [2.05, 4.69) is 9.71 Å². The number of aromatic amines is 1. The molecule has 1 aromatic heterocycles. The molecular weight excluding hydrogens is 341 g/mol. The van der Waals surface area contributed by atoms with Gasteiger partial charge in [-0.05, 0) is 36.4 Å². The predicted octanol–water partition coefficient (Wildman–Crippen LogP) is 3.63. The molecule has 5 nitrogen and oxygen atoms in total. The van der Waals surface area contributed by atoms with Gasteiger partial charge in [0.1, 0.15) is 16.8 Å². The van der Waals surface area contributed by atoms with E-state index >= 15 is 0 Å². The molecule has 23 heavy (non-hydrogen) atoms. The number of rotatable bonds is 3. The molecule has 2 N–H and O–H groups in total. The lowest BCUT2D eigenvalue weighted by atomic mass is 10.2. The largest absolute Gasteiger partial charge is 0.360 e. The topological polar surface area (TPSA) is 85.8 Å². The Morgan fingerprint density at radius 3 is 2.74 bits per heavy atom. The van der Waals surface area contributed by atoms with Crippen molar-refractivity contribution in [3.8, 4) is 6.07 Å². The zero-order valence-corrected chi connectivity index (χ0v) is 13.0. The lowest BCUT2D eigenvalue weighted by molar-refractivity contribution is 0.602. The summed E-state index contributed by atoms with van der Waals surface area (Å²) in [7, 11) is -4.00. The molecule has 0 aliphatic carbocycles. The van der Waals surface area contributed by atoms with Gasteiger partial charge in [-0.25, -0.2) is 12.8 Å². The van der Waals surface area contributed by atoms with Gasteiger partial charge in [0.15, 0.2) is 0 Å². The summed E-state index contributed by atoms with van der Waals surface area (Å²) in [5, 5.41) is 9.92. The molecule has 0 bridgehead atoms. The average molecular weight is 350 g/mol. The van der Waals surface area contributed by atoms with Gasteiger partial charge in [-0.3, -0.25) is 4.72 Å². The third-order valence-corrected chi connectivity index (χ3v) is 4.88. The van der Waals surface area contributed by atoms with Gasteiger partial charge in [-0.1, -0.05) is 11.6 Å². The highest BCUT2D eigenvalue weighted by atomic mass is 35.5. The van der Waals surface area contributed by atoms with Crippen molar-refractivity contribution in [1.29, 1.82) is 5.26 Å². The van der Waals surface area contributed by atoms with Crippen LogP contribution >= 0.6 is 11.6 Å². The van der Waals surface area contributed by atoms with Crippen molar-refractivity contribution >= 4 is 38.2 Å². The molecule has 0 aliphatic heterocycles. The first kappa shape index (κ1) is 15.3. The van der Waals surface area contributed by atoms with Gasteiger partial charge in [0.05, 0.1) is 11.3 Å². The molecule has 3 aromatic rings. The van der Waals surface area contributed by atoms with E-state index in [1.54, 1.807) is 18.2 Å². The van der Waals surface area contributed by atoms with Crippen LogP contribution in [0.25, 0.3) is 10.9 Å². The summed E-state index contributed by atoms with van der Waals surface area (Å²) in [6.45, 7) is 0. The van der Waals surface area contributed by atoms with E-state index in [1.165, 1.54) is 12.3 Å². The van der Waals surface area contributed by atoms with Crippen LogP contribution in [-0.4, -0.2) is 13.4 Å². The SMILES string of the molecule is N#Cc1ccc(F)cc1NS(=O)(=O)c1c[nH]c2cc(Cl)ccc12. The van der Waals surface area contributed by atoms with Crippen LogP contribution < -0.4 is 4.72 Å². The highest BCUT2D eigenvalue weighted by molar-refractivity contribution is 7.93. The Balaban J connectivity index is 2.08. The van der Waals surface area contributed by atoms with E-state index in [9.17, 15) is 12.8 Å². The zero-order chi connectivity index (χ0) is 16.6. The smallest absolute Gasteiger partial charge is 0.264 e. The van der Waals surface area contributed by atoms with Gasteiger partial charge in [-0.15, -0.1) is 0 Å². The van der Waals surface area contributed by atoms with Crippen LogP contribution in [0.3, 0.4) is 0 Å². The molecule has 0 spiro atoms. The standard InChI is InChI=1S/C15H9ClFN3O2S/c16-10-2-4-12-14(5-10)19-8-15(12)23(21,22)20-13-6-11(17)3-1-9(13)7-18/h1-6,8,19-20H. The van der Waals surface area contributed by atoms with Crippen LogP contribution in [0.2, 0.25) is 5.02 Å². The van der Waals surface area contributed by atoms with Crippen molar-refractivity contribution in [3.05, 3.63) is 59.0 Å². The lowest BCUT2D eigenvalue weighted by Crippen LogP contribution is -2.13. The maximum Gasteiger partial charge on any atom is 0.264 e. The first-order valence-corrected chi connectivity index (χ1v) is 8.26. The Hall–Kier alpha value is -2.56. The van der Waals surface area contributed by atoms with E-state index in [-0.39, 0.29) is 16.1 Å². The highest BCUT2D eigenvalue weighted by Gasteiger charge is 2.20. The number of hydrogen-bond donors (Lipinski definition) is 2. The van der Waals surface area contributed by atoms with E-state index in [4.69, 9.17) is 16.9 Å². The second-order valence-corrected chi connectivity index (χ2v) is 6.84. The van der Waals surface area contributed by atoms with Crippen molar-refractivity contribution < 1.29 is 12.8 Å². The molecule has 8 heteroatoms. The molecular formula is C15H9ClFN3O2S. The molecule has 0 saturated carbocycles. The van der Waals surface area contributed by atoms with Crippen LogP contribution in [0, 0.1) is 17.1 Å². The molecule has 116 valence electrons. The molecule has 1 heterocycles. The monoisotopic (exact) mass is 349 g/mol. The normalized spacial score (nSPS) is 11.3. The van der Waals surface area contributed by atoms with Crippen molar-refractivity contribution in [3.63, 3.8) is 0 Å². The molecule has 0 unspecified atom stereocenters. The van der Waals surface area contributed by atoms with Crippen LogP contribution in [0.4, 0.5) is 10.1 Å². The second-order valence-electron chi connectivity index (χ2n) is 4.75. The van der Waals surface area contributed by atoms with Gasteiger partial charge in [0.25, 0.3) is 10.0 Å². The number of nitriles is 1. The third kappa shape index (κ3) is 2.86. The van der Waals surface area contributed by atoms with Crippen LogP contribution in [0.1, 0.15) is 5.56 Å². The number of anilines is 1. The molecule has 0 aliphatic rings. The van der Waals surface area contributed by atoms with Gasteiger partial charge in [0.2, 0.25) is 0 Å². The fraction of sp³-hybridized carbons (Fsp3) is 0. The Morgan fingerprint density at radius 2 is 2.00 bits per heavy atom. The minimum absolute atomic E-state index is 0.0164. The Bertz CT molecular complexity index is 1050. The predicted molar refractivity (Wildman–Crippen MR) is 85.2 cm³/mol. The second kappa shape index (κ2) is 5.57. The number of sulfonamides is 1. The summed E-state index contributed by atoms with van der Waals surface area (Å²) in [6, 6.07) is 9.81. The number of fused-ring (bicyclic) bond motifs is 1. The zero-order valence-electron chi connectivity index (χ0n) is 11.5. The molecule has 3 rings (SSSR count). The van der Waals surface area contributed by atoms with Crippen molar-refractivity contribution in [1.82, 2.24) is 4.98 Å². The highest BCUT2D eigenvalue weighted by Crippen LogP contribution is 2.28. The Morgan fingerprint density at radius 1 is 1.22 bits per heavy atom. The third-order valence-electron chi connectivity index (χ3n) is 3.24. The summed E-state index contributed by atoms with van der Waals surface area (Å²) in [5.41, 5.74) is 0.464. The number of halogens is 2. The Kier molecular flexibility index (Phi) is 3.72. The fourth-order valence-corrected chi connectivity index (χ4v) is 3.61. The lowest BCUT2D eigenvalue weighted by Gasteiger charge is -2.09. The molecule has 0 atom stereocenters. The van der Waals surface area contributed by atoms with Crippen LogP contribution in [0.5, 0.6) is 0 Å². The van der Waals surface area contributed by atoms with Crippen LogP contribution in [0.15, 0.2) is 47.5 Å². The molecule has 2 aromatic carbocycles. The number of benzene rings is 2. The summed E-state index contributed by atoms with van der Waals surface area (Å²) < 4.78 is 40.7. The first-order valence-electron chi connectivity index (χ1n) is 6.40. The van der Waals surface area contributed by atoms with Crippen molar-refractivity contribution in [2.45, 2.75) is 4.90 Å². The fourth-order valence-electron chi connectivity index (χ4n) is 2.19. The van der Waals surface area contributed by atoms with Gasteiger partial charge < -0.3 is 4.98 Å². The van der Waals surface area contributed by atoms with Crippen molar-refractivity contribution in [2.24, 2.45) is 0 Å². The quantitative estimate of drug-likeness (QED) is 0.757. The van der Waals surface area contributed by atoms with Gasteiger partial charge in [0, 0.05) is 22.1 Å².